The summed E-state index contributed by atoms with van der Waals surface area (Å²) in [6.45, 7) is 1.81. The molecule has 1 fully saturated rings. The molecule has 0 radical (unpaired) electrons. The monoisotopic (exact) mass is 270 g/mol. The van der Waals surface area contributed by atoms with Gasteiger partial charge in [0.2, 0.25) is 0 Å². The molecule has 96 valence electrons. The Morgan fingerprint density at radius 2 is 2.33 bits per heavy atom. The minimum Gasteiger partial charge on any atom is -0.468 e. The molecule has 4 nitrogen and oxygen atoms in total. The second kappa shape index (κ2) is 3.51. The van der Waals surface area contributed by atoms with Crippen molar-refractivity contribution in [3.63, 3.8) is 0 Å². The number of amides is 2. The summed E-state index contributed by atoms with van der Waals surface area (Å²) >= 11 is 5.77. The van der Waals surface area contributed by atoms with Gasteiger partial charge in [-0.25, -0.2) is 9.18 Å². The molecule has 18 heavy (non-hydrogen) atoms. The summed E-state index contributed by atoms with van der Waals surface area (Å²) in [6, 6.07) is 2.42. The highest BCUT2D eigenvalue weighted by Gasteiger charge is 2.48. The van der Waals surface area contributed by atoms with Crippen LogP contribution in [0.2, 0.25) is 5.02 Å². The quantitative estimate of drug-likeness (QED) is 0.787. The molecule has 1 N–H and O–H groups in total. The van der Waals surface area contributed by atoms with Crippen LogP contribution in [0.25, 0.3) is 0 Å². The van der Waals surface area contributed by atoms with Gasteiger partial charge in [-0.15, -0.1) is 0 Å². The van der Waals surface area contributed by atoms with Crippen molar-refractivity contribution in [1.29, 1.82) is 0 Å². The van der Waals surface area contributed by atoms with Crippen LogP contribution in [0.15, 0.2) is 12.1 Å². The molecule has 0 aliphatic carbocycles. The van der Waals surface area contributed by atoms with Gasteiger partial charge >= 0.3 is 6.03 Å². The number of carbonyl (C=O) groups is 1. The van der Waals surface area contributed by atoms with E-state index in [1.165, 1.54) is 11.0 Å². The topological polar surface area (TPSA) is 41.6 Å². The number of fused-ring (bicyclic) bond motifs is 4. The van der Waals surface area contributed by atoms with Gasteiger partial charge in [-0.1, -0.05) is 11.6 Å². The van der Waals surface area contributed by atoms with Gasteiger partial charge < -0.3 is 10.1 Å². The molecule has 0 spiro atoms. The predicted molar refractivity (Wildman–Crippen MR) is 64.1 cm³/mol. The zero-order chi connectivity index (χ0) is 13.1. The highest BCUT2D eigenvalue weighted by Crippen LogP contribution is 2.45. The van der Waals surface area contributed by atoms with Crippen LogP contribution in [-0.2, 0) is 0 Å². The SMILES string of the molecule is CN1C(=O)NC2CC1(C)Oc1ccc(Cl)c(F)c12. The van der Waals surface area contributed by atoms with Gasteiger partial charge in [0.05, 0.1) is 16.6 Å². The van der Waals surface area contributed by atoms with E-state index in [2.05, 4.69) is 5.32 Å². The van der Waals surface area contributed by atoms with Crippen LogP contribution in [0.5, 0.6) is 5.75 Å². The molecule has 2 atom stereocenters. The molecule has 2 bridgehead atoms. The number of halogens is 2. The highest BCUT2D eigenvalue weighted by molar-refractivity contribution is 6.30. The summed E-state index contributed by atoms with van der Waals surface area (Å²) in [5.74, 6) is -0.0893. The van der Waals surface area contributed by atoms with Crippen LogP contribution in [0.3, 0.4) is 0 Å². The molecular weight excluding hydrogens is 259 g/mol. The van der Waals surface area contributed by atoms with Crippen molar-refractivity contribution >= 4 is 17.6 Å². The fourth-order valence-electron chi connectivity index (χ4n) is 2.51. The lowest BCUT2D eigenvalue weighted by Gasteiger charge is -2.49. The molecule has 0 aromatic heterocycles. The van der Waals surface area contributed by atoms with Crippen molar-refractivity contribution in [1.82, 2.24) is 10.2 Å². The first-order valence-electron chi connectivity index (χ1n) is 5.63. The van der Waals surface area contributed by atoms with Crippen molar-refractivity contribution in [3.05, 3.63) is 28.5 Å². The summed E-state index contributed by atoms with van der Waals surface area (Å²) in [4.78, 5) is 13.3. The third kappa shape index (κ3) is 1.40. The zero-order valence-electron chi connectivity index (χ0n) is 9.96. The van der Waals surface area contributed by atoms with E-state index in [0.717, 1.165) is 0 Å². The highest BCUT2D eigenvalue weighted by atomic mass is 35.5. The molecule has 2 unspecified atom stereocenters. The summed E-state index contributed by atoms with van der Waals surface area (Å²) in [7, 11) is 1.66. The number of ether oxygens (including phenoxy) is 1. The molecule has 2 amide bonds. The number of urea groups is 1. The Bertz CT molecular complexity index is 551. The van der Waals surface area contributed by atoms with Gasteiger partial charge in [-0.05, 0) is 19.1 Å². The Hall–Kier alpha value is -1.49. The van der Waals surface area contributed by atoms with E-state index in [-0.39, 0.29) is 11.1 Å². The standard InChI is InChI=1S/C12H12ClFN2O2/c1-12-5-7(15-11(17)16(12)2)9-8(18-12)4-3-6(13)10(9)14/h3-4,7H,5H2,1-2H3,(H,15,17). The second-order valence-electron chi connectivity index (χ2n) is 4.82. The van der Waals surface area contributed by atoms with E-state index < -0.39 is 17.6 Å². The molecule has 1 aromatic rings. The third-order valence-electron chi connectivity index (χ3n) is 3.67. The zero-order valence-corrected chi connectivity index (χ0v) is 10.7. The van der Waals surface area contributed by atoms with Crippen molar-refractivity contribution in [3.8, 4) is 5.75 Å². The van der Waals surface area contributed by atoms with Crippen LogP contribution >= 0.6 is 11.6 Å². The number of benzene rings is 1. The lowest BCUT2D eigenvalue weighted by molar-refractivity contribution is -0.0727. The Morgan fingerprint density at radius 3 is 3.06 bits per heavy atom. The summed E-state index contributed by atoms with van der Waals surface area (Å²) in [5, 5.41) is 2.79. The summed E-state index contributed by atoms with van der Waals surface area (Å²) < 4.78 is 19.8. The lowest BCUT2D eigenvalue weighted by atomic mass is 9.90. The van der Waals surface area contributed by atoms with Crippen LogP contribution < -0.4 is 10.1 Å². The maximum absolute atomic E-state index is 14.0. The largest absolute Gasteiger partial charge is 0.468 e. The van der Waals surface area contributed by atoms with E-state index in [1.807, 2.05) is 6.92 Å². The van der Waals surface area contributed by atoms with Crippen LogP contribution in [0.1, 0.15) is 24.9 Å². The maximum atomic E-state index is 14.0. The molecule has 2 heterocycles. The normalized spacial score (nSPS) is 29.4. The number of carbonyl (C=O) groups excluding carboxylic acids is 1. The minimum atomic E-state index is -0.750. The fourth-order valence-corrected chi connectivity index (χ4v) is 2.68. The average molecular weight is 271 g/mol. The fraction of sp³-hybridized carbons (Fsp3) is 0.417. The Kier molecular flexibility index (Phi) is 2.26. The molecule has 2 aliphatic rings. The van der Waals surface area contributed by atoms with Crippen LogP contribution in [0, 0.1) is 5.82 Å². The Balaban J connectivity index is 2.17. The smallest absolute Gasteiger partial charge is 0.320 e. The summed E-state index contributed by atoms with van der Waals surface area (Å²) in [6.07, 6.45) is 0.486. The van der Waals surface area contributed by atoms with Gasteiger partial charge in [0.25, 0.3) is 0 Å². The van der Waals surface area contributed by atoms with Crippen molar-refractivity contribution in [2.24, 2.45) is 0 Å². The van der Waals surface area contributed by atoms with Gasteiger partial charge in [0.1, 0.15) is 5.75 Å². The third-order valence-corrected chi connectivity index (χ3v) is 3.96. The first-order valence-corrected chi connectivity index (χ1v) is 6.01. The number of hydrogen-bond acceptors (Lipinski definition) is 2. The summed E-state index contributed by atoms with van der Waals surface area (Å²) in [5.41, 5.74) is -0.415. The molecule has 6 heteroatoms. The lowest BCUT2D eigenvalue weighted by Crippen LogP contribution is -2.63. The van der Waals surface area contributed by atoms with E-state index in [1.54, 1.807) is 13.1 Å². The van der Waals surface area contributed by atoms with Crippen LogP contribution in [-0.4, -0.2) is 23.7 Å². The molecule has 3 rings (SSSR count). The van der Waals surface area contributed by atoms with E-state index in [0.29, 0.717) is 17.7 Å². The molecular formula is C12H12ClFN2O2. The molecule has 1 saturated heterocycles. The first kappa shape index (κ1) is 11.6. The first-order chi connectivity index (χ1) is 8.42. The number of nitrogens with zero attached hydrogens (tertiary/aromatic N) is 1. The van der Waals surface area contributed by atoms with Crippen molar-refractivity contribution in [2.75, 3.05) is 7.05 Å². The average Bonchev–Trinajstić information content (AvgIpc) is 2.31. The van der Waals surface area contributed by atoms with Crippen molar-refractivity contribution in [2.45, 2.75) is 25.1 Å². The van der Waals surface area contributed by atoms with E-state index in [9.17, 15) is 9.18 Å². The van der Waals surface area contributed by atoms with Crippen LogP contribution in [0.4, 0.5) is 9.18 Å². The van der Waals surface area contributed by atoms with E-state index in [4.69, 9.17) is 16.3 Å². The van der Waals surface area contributed by atoms with Gasteiger partial charge in [-0.3, -0.25) is 4.90 Å². The molecule has 2 aliphatic heterocycles. The number of hydrogen-bond donors (Lipinski definition) is 1. The number of nitrogens with one attached hydrogen (secondary N) is 1. The predicted octanol–water partition coefficient (Wildman–Crippen LogP) is 2.67. The maximum Gasteiger partial charge on any atom is 0.320 e. The second-order valence-corrected chi connectivity index (χ2v) is 5.22. The van der Waals surface area contributed by atoms with Gasteiger partial charge in [0, 0.05) is 13.5 Å². The Labute approximate surface area is 109 Å². The van der Waals surface area contributed by atoms with Gasteiger partial charge in [0.15, 0.2) is 11.5 Å². The molecule has 0 saturated carbocycles. The Morgan fingerprint density at radius 1 is 1.61 bits per heavy atom. The number of rotatable bonds is 0. The minimum absolute atomic E-state index is 0.0362. The van der Waals surface area contributed by atoms with E-state index >= 15 is 0 Å². The van der Waals surface area contributed by atoms with Crippen molar-refractivity contribution < 1.29 is 13.9 Å². The molecule has 1 aromatic carbocycles. The van der Waals surface area contributed by atoms with Gasteiger partial charge in [-0.2, -0.15) is 0 Å².